The van der Waals surface area contributed by atoms with E-state index in [1.807, 2.05) is 0 Å². The Kier molecular flexibility index (Phi) is 8.51. The zero-order valence-electron chi connectivity index (χ0n) is 19.3. The van der Waals surface area contributed by atoms with Crippen molar-refractivity contribution in [1.29, 1.82) is 0 Å². The van der Waals surface area contributed by atoms with Crippen LogP contribution in [0.4, 0.5) is 0 Å². The van der Waals surface area contributed by atoms with E-state index in [2.05, 4.69) is 5.32 Å². The van der Waals surface area contributed by atoms with E-state index in [-0.39, 0.29) is 23.8 Å². The molecule has 2 aromatic carbocycles. The summed E-state index contributed by atoms with van der Waals surface area (Å²) in [5.74, 6) is -0.257. The summed E-state index contributed by atoms with van der Waals surface area (Å²) in [5.41, 5.74) is 1.37. The largest absolute Gasteiger partial charge is 0.493 e. The summed E-state index contributed by atoms with van der Waals surface area (Å²) < 4.78 is 39.4. The van der Waals surface area contributed by atoms with Crippen LogP contribution >= 0.6 is 0 Å². The van der Waals surface area contributed by atoms with Crippen molar-refractivity contribution in [2.75, 3.05) is 20.8 Å². The predicted octanol–water partition coefficient (Wildman–Crippen LogP) is 2.58. The molecule has 1 atom stereocenters. The molecule has 0 spiro atoms. The highest BCUT2D eigenvalue weighted by molar-refractivity contribution is 7.89. The van der Waals surface area contributed by atoms with Crippen molar-refractivity contribution in [2.24, 2.45) is 0 Å². The second-order valence-electron chi connectivity index (χ2n) is 8.08. The highest BCUT2D eigenvalue weighted by Gasteiger charge is 2.36. The first-order chi connectivity index (χ1) is 16.3. The van der Waals surface area contributed by atoms with Crippen LogP contribution in [-0.4, -0.2) is 56.5 Å². The molecule has 184 valence electrons. The lowest BCUT2D eigenvalue weighted by Crippen LogP contribution is -2.48. The summed E-state index contributed by atoms with van der Waals surface area (Å²) in [6.45, 7) is 0.486. The van der Waals surface area contributed by atoms with Gasteiger partial charge < -0.3 is 19.9 Å². The molecule has 0 aromatic heterocycles. The fraction of sp³-hybridized carbons (Fsp3) is 0.417. The van der Waals surface area contributed by atoms with E-state index in [9.17, 15) is 18.0 Å². The number of carboxylic acid groups (broad SMARTS) is 1. The molecule has 0 saturated carbocycles. The minimum absolute atomic E-state index is 0.0263. The van der Waals surface area contributed by atoms with Crippen molar-refractivity contribution < 1.29 is 32.6 Å². The number of carboxylic acids is 1. The van der Waals surface area contributed by atoms with Crippen molar-refractivity contribution in [3.8, 4) is 11.5 Å². The number of rotatable bonds is 10. The molecule has 9 nitrogen and oxygen atoms in total. The number of aliphatic carboxylic acids is 1. The van der Waals surface area contributed by atoms with E-state index < -0.39 is 22.0 Å². The molecular formula is C24H30N2O7S. The van der Waals surface area contributed by atoms with E-state index in [1.165, 1.54) is 30.7 Å². The number of amides is 1. The maximum atomic E-state index is 13.7. The Balaban J connectivity index is 1.97. The summed E-state index contributed by atoms with van der Waals surface area (Å²) in [4.78, 5) is 23.7. The average Bonchev–Trinajstić information content (AvgIpc) is 3.05. The molecule has 10 heteroatoms. The van der Waals surface area contributed by atoms with Gasteiger partial charge in [0.25, 0.3) is 0 Å². The van der Waals surface area contributed by atoms with E-state index in [0.29, 0.717) is 36.4 Å². The molecule has 1 aliphatic rings. The normalized spacial score (nSPS) is 16.6. The standard InChI is InChI=1S/C24H30N2O7S/c1-32-21-12-8-18(15-22(21)33-2)16-26(20-5-3-4-14-25-24(20)29)34(30,31)19-10-6-17(7-11-19)9-13-23(27)28/h6-8,10-12,15,20H,3-5,9,13-14,16H2,1-2H3,(H,25,29)(H,27,28). The molecule has 0 bridgehead atoms. The fourth-order valence-corrected chi connectivity index (χ4v) is 5.54. The molecule has 2 aromatic rings. The van der Waals surface area contributed by atoms with Crippen LogP contribution in [0.2, 0.25) is 0 Å². The molecule has 0 radical (unpaired) electrons. The summed E-state index contributed by atoms with van der Waals surface area (Å²) in [5, 5.41) is 11.7. The van der Waals surface area contributed by atoms with E-state index in [0.717, 1.165) is 18.4 Å². The molecular weight excluding hydrogens is 460 g/mol. The highest BCUT2D eigenvalue weighted by Crippen LogP contribution is 2.30. The maximum Gasteiger partial charge on any atom is 0.303 e. The van der Waals surface area contributed by atoms with Gasteiger partial charge in [-0.2, -0.15) is 4.31 Å². The van der Waals surface area contributed by atoms with Gasteiger partial charge in [-0.1, -0.05) is 18.2 Å². The van der Waals surface area contributed by atoms with Crippen molar-refractivity contribution in [1.82, 2.24) is 9.62 Å². The molecule has 1 unspecified atom stereocenters. The van der Waals surface area contributed by atoms with Gasteiger partial charge in [0.05, 0.1) is 19.1 Å². The maximum absolute atomic E-state index is 13.7. The number of ether oxygens (including phenoxy) is 2. The lowest BCUT2D eigenvalue weighted by molar-refractivity contribution is -0.137. The Morgan fingerprint density at radius 3 is 2.38 bits per heavy atom. The number of benzene rings is 2. The van der Waals surface area contributed by atoms with Crippen LogP contribution in [-0.2, 0) is 32.6 Å². The third-order valence-corrected chi connectivity index (χ3v) is 7.67. The minimum atomic E-state index is -4.05. The molecule has 1 aliphatic heterocycles. The van der Waals surface area contributed by atoms with Crippen molar-refractivity contribution >= 4 is 21.9 Å². The van der Waals surface area contributed by atoms with Gasteiger partial charge in [0.2, 0.25) is 15.9 Å². The van der Waals surface area contributed by atoms with Gasteiger partial charge in [-0.25, -0.2) is 8.42 Å². The lowest BCUT2D eigenvalue weighted by Gasteiger charge is -2.29. The zero-order valence-corrected chi connectivity index (χ0v) is 20.1. The second kappa shape index (κ2) is 11.3. The minimum Gasteiger partial charge on any atom is -0.493 e. The number of methoxy groups -OCH3 is 2. The van der Waals surface area contributed by atoms with E-state index in [1.54, 1.807) is 30.3 Å². The molecule has 1 fully saturated rings. The SMILES string of the molecule is COc1ccc(CN(C2CCCCNC2=O)S(=O)(=O)c2ccc(CCC(=O)O)cc2)cc1OC. The number of carbonyl (C=O) groups excluding carboxylic acids is 1. The Hall–Kier alpha value is -3.11. The first-order valence-corrected chi connectivity index (χ1v) is 12.5. The number of nitrogens with zero attached hydrogens (tertiary/aromatic N) is 1. The summed E-state index contributed by atoms with van der Waals surface area (Å²) in [6.07, 6.45) is 2.17. The highest BCUT2D eigenvalue weighted by atomic mass is 32.2. The summed E-state index contributed by atoms with van der Waals surface area (Å²) >= 11 is 0. The Bertz CT molecular complexity index is 1120. The third kappa shape index (κ3) is 6.06. The first-order valence-electron chi connectivity index (χ1n) is 11.1. The molecule has 0 aliphatic carbocycles. The van der Waals surface area contributed by atoms with Crippen LogP contribution in [0.15, 0.2) is 47.4 Å². The number of carbonyl (C=O) groups is 2. The van der Waals surface area contributed by atoms with Crippen LogP contribution in [0.3, 0.4) is 0 Å². The van der Waals surface area contributed by atoms with Gasteiger partial charge in [-0.05, 0) is 61.1 Å². The van der Waals surface area contributed by atoms with Crippen LogP contribution in [0.1, 0.15) is 36.8 Å². The number of hydrogen-bond acceptors (Lipinski definition) is 6. The number of sulfonamides is 1. The smallest absolute Gasteiger partial charge is 0.303 e. The van der Waals surface area contributed by atoms with Crippen molar-refractivity contribution in [3.05, 3.63) is 53.6 Å². The van der Waals surface area contributed by atoms with Crippen LogP contribution < -0.4 is 14.8 Å². The zero-order chi connectivity index (χ0) is 24.7. The van der Waals surface area contributed by atoms with Crippen molar-refractivity contribution in [3.63, 3.8) is 0 Å². The molecule has 3 rings (SSSR count). The van der Waals surface area contributed by atoms with Gasteiger partial charge in [0.15, 0.2) is 11.5 Å². The number of nitrogens with one attached hydrogen (secondary N) is 1. The molecule has 34 heavy (non-hydrogen) atoms. The van der Waals surface area contributed by atoms with Crippen LogP contribution in [0.25, 0.3) is 0 Å². The van der Waals surface area contributed by atoms with Gasteiger partial charge in [-0.3, -0.25) is 9.59 Å². The average molecular weight is 491 g/mol. The van der Waals surface area contributed by atoms with Gasteiger partial charge >= 0.3 is 5.97 Å². The molecule has 1 saturated heterocycles. The Labute approximate surface area is 199 Å². The van der Waals surface area contributed by atoms with E-state index in [4.69, 9.17) is 14.6 Å². The van der Waals surface area contributed by atoms with Gasteiger partial charge in [-0.15, -0.1) is 0 Å². The second-order valence-corrected chi connectivity index (χ2v) is 9.97. The van der Waals surface area contributed by atoms with Crippen LogP contribution in [0, 0.1) is 0 Å². The first kappa shape index (κ1) is 25.5. The van der Waals surface area contributed by atoms with E-state index >= 15 is 0 Å². The fourth-order valence-electron chi connectivity index (χ4n) is 3.93. The molecule has 1 amide bonds. The number of hydrogen-bond donors (Lipinski definition) is 2. The van der Waals surface area contributed by atoms with Gasteiger partial charge in [0.1, 0.15) is 6.04 Å². The Morgan fingerprint density at radius 2 is 1.74 bits per heavy atom. The summed E-state index contributed by atoms with van der Waals surface area (Å²) in [6, 6.07) is 10.4. The third-order valence-electron chi connectivity index (χ3n) is 5.80. The predicted molar refractivity (Wildman–Crippen MR) is 125 cm³/mol. The Morgan fingerprint density at radius 1 is 1.06 bits per heavy atom. The quantitative estimate of drug-likeness (QED) is 0.525. The number of aryl methyl sites for hydroxylation is 1. The van der Waals surface area contributed by atoms with Crippen molar-refractivity contribution in [2.45, 2.75) is 49.6 Å². The molecule has 1 heterocycles. The molecule has 2 N–H and O–H groups in total. The topological polar surface area (TPSA) is 122 Å². The lowest BCUT2D eigenvalue weighted by atomic mass is 10.1. The monoisotopic (exact) mass is 490 g/mol. The summed E-state index contributed by atoms with van der Waals surface area (Å²) in [7, 11) is -1.03. The van der Waals surface area contributed by atoms with Gasteiger partial charge in [0, 0.05) is 19.5 Å². The van der Waals surface area contributed by atoms with Crippen LogP contribution in [0.5, 0.6) is 11.5 Å².